The Morgan fingerprint density at radius 2 is 1.36 bits per heavy atom. The van der Waals surface area contributed by atoms with E-state index in [2.05, 4.69) is 41.1 Å². The van der Waals surface area contributed by atoms with Crippen LogP contribution in [0.5, 0.6) is 0 Å². The van der Waals surface area contributed by atoms with Crippen molar-refractivity contribution in [3.05, 3.63) is 43.0 Å². The van der Waals surface area contributed by atoms with E-state index in [1.165, 1.54) is 12.8 Å². The second-order valence-electron chi connectivity index (χ2n) is 3.27. The Kier molecular flexibility index (Phi) is 7.03. The minimum atomic E-state index is -1.27. The Bertz CT molecular complexity index is 270. The number of rotatable bonds is 2. The quantitative estimate of drug-likeness (QED) is 0.523. The first-order chi connectivity index (χ1) is 5.88. The van der Waals surface area contributed by atoms with Crippen LogP contribution in [0.4, 0.5) is 0 Å². The third kappa shape index (κ3) is 3.22. The van der Waals surface area contributed by atoms with Crippen LogP contribution in [0.2, 0.25) is 4.63 Å². The van der Waals surface area contributed by atoms with Gasteiger partial charge in [-0.25, -0.2) is 0 Å². The smallest absolute Gasteiger partial charge is 1.00 e. The molecular formula is C11H13Cl2Zr. The second kappa shape index (κ2) is 6.82. The third-order valence-electron chi connectivity index (χ3n) is 2.51. The van der Waals surface area contributed by atoms with Crippen LogP contribution < -0.4 is 24.8 Å². The maximum atomic E-state index is 2.50. The van der Waals surface area contributed by atoms with Gasteiger partial charge in [-0.1, -0.05) is 0 Å². The van der Waals surface area contributed by atoms with E-state index in [0.717, 1.165) is 0 Å². The molecule has 2 aliphatic rings. The van der Waals surface area contributed by atoms with Gasteiger partial charge in [-0.3, -0.25) is 0 Å². The van der Waals surface area contributed by atoms with E-state index < -0.39 is 21.8 Å². The summed E-state index contributed by atoms with van der Waals surface area (Å²) in [6.07, 6.45) is 16.1. The normalized spacial score (nSPS) is 16.9. The first-order valence-corrected chi connectivity index (χ1v) is 9.35. The van der Waals surface area contributed by atoms with Crippen LogP contribution in [0.15, 0.2) is 43.0 Å². The average Bonchev–Trinajstić information content (AvgIpc) is 2.77. The number of allylic oxidation sites excluding steroid dienone is 8. The van der Waals surface area contributed by atoms with E-state index in [-0.39, 0.29) is 24.8 Å². The fourth-order valence-corrected chi connectivity index (χ4v) is 6.46. The zero-order chi connectivity index (χ0) is 8.39. The molecule has 0 N–H and O–H groups in total. The molecule has 0 bridgehead atoms. The van der Waals surface area contributed by atoms with Gasteiger partial charge in [-0.05, 0) is 0 Å². The SMILES string of the molecule is [CH3][Zr+2]([C]1=CC=CC1)[C]1=CC=CC1.[Cl-].[Cl-]. The Morgan fingerprint density at radius 1 is 0.929 bits per heavy atom. The molecule has 0 spiro atoms. The fourth-order valence-electron chi connectivity index (χ4n) is 1.66. The van der Waals surface area contributed by atoms with E-state index in [9.17, 15) is 0 Å². The standard InChI is InChI=1S/2C5H5.CH3.2ClH.Zr/c2*1-2-4-5-3-1;;;;/h2*1-3H,4H2;1H3;2*1H;/q;;;;;+2/p-2. The molecule has 0 radical (unpaired) electrons. The van der Waals surface area contributed by atoms with Gasteiger partial charge >= 0.3 is 82.2 Å². The second-order valence-corrected chi connectivity index (χ2v) is 9.50. The molecule has 0 atom stereocenters. The number of halogens is 2. The molecule has 0 heterocycles. The molecule has 0 saturated carbocycles. The molecule has 0 amide bonds. The maximum absolute atomic E-state index is 2.50. The van der Waals surface area contributed by atoms with Gasteiger partial charge in [0.05, 0.1) is 0 Å². The zero-order valence-corrected chi connectivity index (χ0v) is 12.1. The van der Waals surface area contributed by atoms with Gasteiger partial charge in [0.15, 0.2) is 0 Å². The topological polar surface area (TPSA) is 0 Å². The van der Waals surface area contributed by atoms with Gasteiger partial charge in [0, 0.05) is 0 Å². The van der Waals surface area contributed by atoms with Gasteiger partial charge in [-0.15, -0.1) is 0 Å². The van der Waals surface area contributed by atoms with Crippen LogP contribution in [-0.4, -0.2) is 0 Å². The largest absolute Gasteiger partial charge is 1.00 e. The first kappa shape index (κ1) is 14.4. The summed E-state index contributed by atoms with van der Waals surface area (Å²) in [6.45, 7) is 0. The molecule has 0 unspecified atom stereocenters. The number of hydrogen-bond donors (Lipinski definition) is 0. The van der Waals surface area contributed by atoms with E-state index in [1.807, 2.05) is 0 Å². The van der Waals surface area contributed by atoms with E-state index in [4.69, 9.17) is 0 Å². The van der Waals surface area contributed by atoms with Gasteiger partial charge in [0.25, 0.3) is 0 Å². The van der Waals surface area contributed by atoms with Crippen LogP contribution in [0.25, 0.3) is 0 Å². The summed E-state index contributed by atoms with van der Waals surface area (Å²) in [6, 6.07) is 0. The predicted molar refractivity (Wildman–Crippen MR) is 49.5 cm³/mol. The minimum Gasteiger partial charge on any atom is -1.00 e. The van der Waals surface area contributed by atoms with Crippen molar-refractivity contribution in [3.63, 3.8) is 0 Å². The zero-order valence-electron chi connectivity index (χ0n) is 8.13. The summed E-state index contributed by atoms with van der Waals surface area (Å²) in [4.78, 5) is 0. The molecule has 75 valence electrons. The fraction of sp³-hybridized carbons (Fsp3) is 0.273. The summed E-state index contributed by atoms with van der Waals surface area (Å²) in [5.41, 5.74) is 0. The summed E-state index contributed by atoms with van der Waals surface area (Å²) >= 11 is -1.27. The maximum Gasteiger partial charge on any atom is -1.00 e. The van der Waals surface area contributed by atoms with Crippen molar-refractivity contribution in [2.24, 2.45) is 0 Å². The molecule has 0 aromatic heterocycles. The summed E-state index contributed by atoms with van der Waals surface area (Å²) in [5.74, 6) is 0. The van der Waals surface area contributed by atoms with Gasteiger partial charge in [0.2, 0.25) is 0 Å². The van der Waals surface area contributed by atoms with Crippen molar-refractivity contribution < 1.29 is 46.6 Å². The van der Waals surface area contributed by atoms with Gasteiger partial charge in [0.1, 0.15) is 0 Å². The van der Waals surface area contributed by atoms with Gasteiger partial charge < -0.3 is 24.8 Å². The van der Waals surface area contributed by atoms with Crippen LogP contribution in [0, 0.1) is 0 Å². The predicted octanol–water partition coefficient (Wildman–Crippen LogP) is -2.65. The van der Waals surface area contributed by atoms with Crippen molar-refractivity contribution in [1.82, 2.24) is 0 Å². The molecule has 3 heteroatoms. The Morgan fingerprint density at radius 3 is 1.64 bits per heavy atom. The van der Waals surface area contributed by atoms with Gasteiger partial charge in [-0.2, -0.15) is 0 Å². The number of hydrogen-bond acceptors (Lipinski definition) is 0. The molecule has 0 nitrogen and oxygen atoms in total. The summed E-state index contributed by atoms with van der Waals surface area (Å²) in [5, 5.41) is 0. The van der Waals surface area contributed by atoms with Crippen LogP contribution in [0.1, 0.15) is 12.8 Å². The molecule has 0 aromatic rings. The van der Waals surface area contributed by atoms with Crippen molar-refractivity contribution in [1.29, 1.82) is 0 Å². The summed E-state index contributed by atoms with van der Waals surface area (Å²) < 4.78 is 6.01. The average molecular weight is 307 g/mol. The van der Waals surface area contributed by atoms with Crippen molar-refractivity contribution in [3.8, 4) is 0 Å². The van der Waals surface area contributed by atoms with Crippen molar-refractivity contribution >= 4 is 0 Å². The molecular weight excluding hydrogens is 294 g/mol. The van der Waals surface area contributed by atoms with Crippen molar-refractivity contribution in [2.75, 3.05) is 0 Å². The van der Waals surface area contributed by atoms with E-state index in [1.54, 1.807) is 6.56 Å². The monoisotopic (exact) mass is 305 g/mol. The Labute approximate surface area is 106 Å². The van der Waals surface area contributed by atoms with E-state index in [0.29, 0.717) is 0 Å². The molecule has 2 rings (SSSR count). The van der Waals surface area contributed by atoms with E-state index >= 15 is 0 Å². The molecule has 0 saturated heterocycles. The minimum absolute atomic E-state index is 0. The molecule has 2 aliphatic carbocycles. The molecule has 0 aromatic carbocycles. The molecule has 0 fully saturated rings. The first-order valence-electron chi connectivity index (χ1n) is 4.43. The molecule has 14 heavy (non-hydrogen) atoms. The van der Waals surface area contributed by atoms with Crippen LogP contribution >= 0.6 is 0 Å². The van der Waals surface area contributed by atoms with Crippen LogP contribution in [0.3, 0.4) is 0 Å². The Hall–Kier alpha value is 0.423. The van der Waals surface area contributed by atoms with Crippen LogP contribution in [-0.2, 0) is 21.8 Å². The molecule has 0 aliphatic heterocycles. The Balaban J connectivity index is 0.000000845. The van der Waals surface area contributed by atoms with Crippen molar-refractivity contribution in [2.45, 2.75) is 17.5 Å². The third-order valence-corrected chi connectivity index (χ3v) is 9.06. The summed E-state index contributed by atoms with van der Waals surface area (Å²) in [7, 11) is 0.